The Hall–Kier alpha value is -4.18. The number of alkyl halides is 3. The number of aliphatic hydroxyl groups is 1. The average Bonchev–Trinajstić information content (AvgIpc) is 3.13. The molecule has 7 nitrogen and oxygen atoms in total. The van der Waals surface area contributed by atoms with E-state index in [1.807, 2.05) is 0 Å². The van der Waals surface area contributed by atoms with Gasteiger partial charge in [0.05, 0.1) is 36.4 Å². The normalized spacial score (nSPS) is 17.0. The summed E-state index contributed by atoms with van der Waals surface area (Å²) in [6.45, 7) is 1.79. The maximum atomic E-state index is 13.4. The maximum absolute atomic E-state index is 13.4. The molecule has 3 aromatic carbocycles. The van der Waals surface area contributed by atoms with E-state index in [1.54, 1.807) is 31.2 Å². The fourth-order valence-corrected chi connectivity index (χ4v) is 4.52. The summed E-state index contributed by atoms with van der Waals surface area (Å²) in [6.07, 6.45) is -4.97. The molecule has 11 heteroatoms. The van der Waals surface area contributed by atoms with Gasteiger partial charge in [0.15, 0.2) is 0 Å². The number of ketones is 1. The predicted octanol–water partition coefficient (Wildman–Crippen LogP) is 6.19. The maximum Gasteiger partial charge on any atom is 0.573 e. The van der Waals surface area contributed by atoms with Crippen molar-refractivity contribution in [3.63, 3.8) is 0 Å². The number of hydrogen-bond acceptors (Lipinski definition) is 6. The van der Waals surface area contributed by atoms with Gasteiger partial charge in [0.25, 0.3) is 11.7 Å². The number of carbonyl (C=O) groups is 2. The number of methoxy groups -OCH3 is 2. The molecule has 1 amide bonds. The highest BCUT2D eigenvalue weighted by atomic mass is 35.5. The molecular formula is C27H21ClF3NO6. The van der Waals surface area contributed by atoms with Gasteiger partial charge in [-0.25, -0.2) is 0 Å². The number of rotatable bonds is 6. The first kappa shape index (κ1) is 26.9. The zero-order valence-corrected chi connectivity index (χ0v) is 21.1. The van der Waals surface area contributed by atoms with Crippen molar-refractivity contribution in [1.82, 2.24) is 0 Å². The molecule has 0 bridgehead atoms. The number of aliphatic hydroxyl groups excluding tert-OH is 1. The number of carbonyl (C=O) groups excluding carboxylic acids is 2. The van der Waals surface area contributed by atoms with Gasteiger partial charge < -0.3 is 19.3 Å². The Morgan fingerprint density at radius 1 is 0.974 bits per heavy atom. The van der Waals surface area contributed by atoms with E-state index in [2.05, 4.69) is 4.74 Å². The minimum absolute atomic E-state index is 0.0168. The van der Waals surface area contributed by atoms with E-state index in [1.165, 1.54) is 38.5 Å². The second kappa shape index (κ2) is 10.3. The van der Waals surface area contributed by atoms with Gasteiger partial charge in [0.1, 0.15) is 23.0 Å². The van der Waals surface area contributed by atoms with Crippen LogP contribution in [0.3, 0.4) is 0 Å². The highest BCUT2D eigenvalue weighted by Crippen LogP contribution is 2.45. The Morgan fingerprint density at radius 2 is 1.66 bits per heavy atom. The molecule has 0 saturated carbocycles. The van der Waals surface area contributed by atoms with E-state index in [0.29, 0.717) is 5.56 Å². The number of Topliss-reactive ketones (excluding diaryl/α,β-unsaturated/α-hetero) is 1. The zero-order chi connectivity index (χ0) is 27.8. The van der Waals surface area contributed by atoms with Crippen molar-refractivity contribution >= 4 is 34.7 Å². The molecule has 3 aromatic rings. The molecule has 1 N–H and O–H groups in total. The lowest BCUT2D eigenvalue weighted by atomic mass is 9.94. The minimum Gasteiger partial charge on any atom is -0.507 e. The standard InChI is InChI=1S/C27H21ClF3NO6/c1-14-6-4-7-15(10-14)23-22(24(33)18-12-19(28)21(37-3)13-20(18)36-2)25(34)26(35)32(23)16-8-5-9-17(11-16)38-27(29,30)31/h4-13,23,33H,1-3H3/b24-22+. The lowest BCUT2D eigenvalue weighted by molar-refractivity contribution is -0.274. The molecule has 0 aromatic heterocycles. The quantitative estimate of drug-likeness (QED) is 0.225. The van der Waals surface area contributed by atoms with E-state index >= 15 is 0 Å². The van der Waals surface area contributed by atoms with Gasteiger partial charge in [-0.15, -0.1) is 13.2 Å². The van der Waals surface area contributed by atoms with Crippen LogP contribution in [0.15, 0.2) is 66.2 Å². The summed E-state index contributed by atoms with van der Waals surface area (Å²) in [4.78, 5) is 27.7. The summed E-state index contributed by atoms with van der Waals surface area (Å²) < 4.78 is 53.1. The first-order chi connectivity index (χ1) is 17.9. The molecule has 1 unspecified atom stereocenters. The molecule has 1 atom stereocenters. The lowest BCUT2D eigenvalue weighted by Gasteiger charge is -2.26. The van der Waals surface area contributed by atoms with Crippen molar-refractivity contribution in [1.29, 1.82) is 0 Å². The van der Waals surface area contributed by atoms with Crippen LogP contribution in [0, 0.1) is 6.92 Å². The second-order valence-corrected chi connectivity index (χ2v) is 8.72. The number of aryl methyl sites for hydroxylation is 1. The Kier molecular flexibility index (Phi) is 7.28. The third-order valence-electron chi connectivity index (χ3n) is 5.86. The van der Waals surface area contributed by atoms with Crippen LogP contribution in [0.5, 0.6) is 17.2 Å². The SMILES string of the molecule is COc1cc(OC)c(/C(O)=C2\C(=O)C(=O)N(c3cccc(OC(F)(F)F)c3)C2c2cccc(C)c2)cc1Cl. The molecule has 1 aliphatic rings. The van der Waals surface area contributed by atoms with Gasteiger partial charge in [-0.1, -0.05) is 47.5 Å². The molecule has 1 saturated heterocycles. The largest absolute Gasteiger partial charge is 0.573 e. The van der Waals surface area contributed by atoms with Crippen LogP contribution in [0.2, 0.25) is 5.02 Å². The molecule has 4 rings (SSSR count). The third-order valence-corrected chi connectivity index (χ3v) is 6.16. The highest BCUT2D eigenvalue weighted by molar-refractivity contribution is 6.51. The van der Waals surface area contributed by atoms with Gasteiger partial charge in [0.2, 0.25) is 0 Å². The molecule has 38 heavy (non-hydrogen) atoms. The van der Waals surface area contributed by atoms with E-state index < -0.39 is 35.6 Å². The number of anilines is 1. The highest BCUT2D eigenvalue weighted by Gasteiger charge is 2.47. The number of ether oxygens (including phenoxy) is 3. The summed E-state index contributed by atoms with van der Waals surface area (Å²) in [5.74, 6) is -2.91. The van der Waals surface area contributed by atoms with E-state index in [0.717, 1.165) is 22.6 Å². The number of nitrogens with zero attached hydrogens (tertiary/aromatic N) is 1. The van der Waals surface area contributed by atoms with Gasteiger partial charge in [-0.2, -0.15) is 0 Å². The molecular weight excluding hydrogens is 527 g/mol. The van der Waals surface area contributed by atoms with Gasteiger partial charge >= 0.3 is 6.36 Å². The van der Waals surface area contributed by atoms with Crippen molar-refractivity contribution in [2.75, 3.05) is 19.1 Å². The molecule has 0 spiro atoms. The smallest absolute Gasteiger partial charge is 0.507 e. The Labute approximate surface area is 220 Å². The fraction of sp³-hybridized carbons (Fsp3) is 0.185. The lowest BCUT2D eigenvalue weighted by Crippen LogP contribution is -2.29. The average molecular weight is 548 g/mol. The van der Waals surface area contributed by atoms with Crippen molar-refractivity contribution in [2.24, 2.45) is 0 Å². The Morgan fingerprint density at radius 3 is 2.29 bits per heavy atom. The molecule has 1 fully saturated rings. The summed E-state index contributed by atoms with van der Waals surface area (Å²) >= 11 is 6.26. The molecule has 198 valence electrons. The molecule has 1 aliphatic heterocycles. The number of amides is 1. The second-order valence-electron chi connectivity index (χ2n) is 8.32. The topological polar surface area (TPSA) is 85.3 Å². The van der Waals surface area contributed by atoms with Crippen molar-refractivity contribution in [3.8, 4) is 17.2 Å². The Bertz CT molecular complexity index is 1450. The van der Waals surface area contributed by atoms with Crippen molar-refractivity contribution in [3.05, 3.63) is 87.9 Å². The van der Waals surface area contributed by atoms with Crippen molar-refractivity contribution < 1.29 is 42.1 Å². The molecule has 0 radical (unpaired) electrons. The van der Waals surface area contributed by atoms with E-state index in [-0.39, 0.29) is 33.3 Å². The Balaban J connectivity index is 1.96. The van der Waals surface area contributed by atoms with Crippen molar-refractivity contribution in [2.45, 2.75) is 19.3 Å². The zero-order valence-electron chi connectivity index (χ0n) is 20.3. The molecule has 1 heterocycles. The number of benzene rings is 3. The van der Waals surface area contributed by atoms with E-state index in [9.17, 15) is 27.9 Å². The predicted molar refractivity (Wildman–Crippen MR) is 134 cm³/mol. The van der Waals surface area contributed by atoms with Gasteiger partial charge in [-0.3, -0.25) is 14.5 Å². The number of hydrogen-bond donors (Lipinski definition) is 1. The van der Waals surface area contributed by atoms with Gasteiger partial charge in [-0.05, 0) is 30.7 Å². The summed E-state index contributed by atoms with van der Waals surface area (Å²) in [5.41, 5.74) is 0.892. The summed E-state index contributed by atoms with van der Waals surface area (Å²) in [6, 6.07) is 13.0. The van der Waals surface area contributed by atoms with E-state index in [4.69, 9.17) is 21.1 Å². The minimum atomic E-state index is -4.97. The van der Waals surface area contributed by atoms with Crippen LogP contribution in [0.1, 0.15) is 22.7 Å². The van der Waals surface area contributed by atoms with Crippen LogP contribution in [0.25, 0.3) is 5.76 Å². The van der Waals surface area contributed by atoms with Crippen LogP contribution in [-0.4, -0.2) is 37.4 Å². The summed E-state index contributed by atoms with van der Waals surface area (Å²) in [5, 5.41) is 11.5. The third kappa shape index (κ3) is 5.12. The van der Waals surface area contributed by atoms with Crippen LogP contribution in [-0.2, 0) is 9.59 Å². The number of halogens is 4. The van der Waals surface area contributed by atoms with Crippen LogP contribution >= 0.6 is 11.6 Å². The monoisotopic (exact) mass is 547 g/mol. The fourth-order valence-electron chi connectivity index (χ4n) is 4.28. The summed E-state index contributed by atoms with van der Waals surface area (Å²) in [7, 11) is 2.72. The van der Waals surface area contributed by atoms with Crippen LogP contribution in [0.4, 0.5) is 18.9 Å². The first-order valence-corrected chi connectivity index (χ1v) is 11.5. The first-order valence-electron chi connectivity index (χ1n) is 11.1. The van der Waals surface area contributed by atoms with Gasteiger partial charge in [0, 0.05) is 17.8 Å². The molecule has 0 aliphatic carbocycles. The van der Waals surface area contributed by atoms with Crippen LogP contribution < -0.4 is 19.1 Å².